The van der Waals surface area contributed by atoms with Gasteiger partial charge in [-0.05, 0) is 47.5 Å². The van der Waals surface area contributed by atoms with Crippen LogP contribution in [0.1, 0.15) is 0 Å². The average molecular weight is 506 g/mol. The smallest absolute Gasteiger partial charge is 0.286 e. The molecule has 0 saturated carbocycles. The van der Waals surface area contributed by atoms with Crippen LogP contribution in [0.15, 0.2) is 85.1 Å². The Morgan fingerprint density at radius 3 is 1.82 bits per heavy atom. The normalized spacial score (nSPS) is 11.3. The second-order valence-corrected chi connectivity index (χ2v) is 9.14. The Labute approximate surface area is 221 Å². The van der Waals surface area contributed by atoms with Gasteiger partial charge in [-0.3, -0.25) is 0 Å². The summed E-state index contributed by atoms with van der Waals surface area (Å²) in [6, 6.07) is 26.7. The van der Waals surface area contributed by atoms with Crippen molar-refractivity contribution in [2.45, 2.75) is 0 Å². The summed E-state index contributed by atoms with van der Waals surface area (Å²) >= 11 is 0. The van der Waals surface area contributed by atoms with Gasteiger partial charge in [0.05, 0.1) is 41.7 Å². The summed E-state index contributed by atoms with van der Waals surface area (Å²) in [5.74, 6) is 3.10. The molecule has 0 aliphatic rings. The molecule has 0 N–H and O–H groups in total. The van der Waals surface area contributed by atoms with Gasteiger partial charge >= 0.3 is 0 Å². The van der Waals surface area contributed by atoms with Gasteiger partial charge in [-0.2, -0.15) is 4.40 Å². The highest BCUT2D eigenvalue weighted by Crippen LogP contribution is 2.48. The molecule has 38 heavy (non-hydrogen) atoms. The van der Waals surface area contributed by atoms with Crippen molar-refractivity contribution in [3.05, 3.63) is 85.1 Å². The zero-order chi connectivity index (χ0) is 26.4. The second-order valence-electron chi connectivity index (χ2n) is 9.14. The average Bonchev–Trinajstić information content (AvgIpc) is 3.28. The third-order valence-corrected chi connectivity index (χ3v) is 7.26. The zero-order valence-electron chi connectivity index (χ0n) is 22.1. The molecule has 6 aromatic rings. The summed E-state index contributed by atoms with van der Waals surface area (Å²) in [4.78, 5) is 0. The van der Waals surface area contributed by atoms with Crippen LogP contribution in [0.3, 0.4) is 0 Å². The van der Waals surface area contributed by atoms with E-state index in [4.69, 9.17) is 18.9 Å². The van der Waals surface area contributed by atoms with Gasteiger partial charge in [0, 0.05) is 34.0 Å². The molecule has 190 valence electrons. The van der Waals surface area contributed by atoms with E-state index < -0.39 is 0 Å². The molecule has 0 aliphatic heterocycles. The molecule has 0 atom stereocenters. The maximum Gasteiger partial charge on any atom is 0.286 e. The van der Waals surface area contributed by atoms with E-state index in [1.807, 2.05) is 30.3 Å². The number of imidazole rings is 1. The summed E-state index contributed by atoms with van der Waals surface area (Å²) < 4.78 is 27.2. The van der Waals surface area contributed by atoms with Gasteiger partial charge in [-0.25, -0.2) is 4.57 Å². The SMILES string of the molecule is COc1ccc(-c2c(-c3ccc(OC)cc3)c3c(c4cc(OC)cc(OC)c24)n2ccccc2[n+]3C)cc1. The van der Waals surface area contributed by atoms with Gasteiger partial charge in [0.15, 0.2) is 11.0 Å². The Bertz CT molecular complexity index is 1800. The van der Waals surface area contributed by atoms with Crippen LogP contribution in [0, 0.1) is 0 Å². The number of ether oxygens (including phenoxy) is 4. The topological polar surface area (TPSA) is 45.2 Å². The fourth-order valence-corrected chi connectivity index (χ4v) is 5.47. The van der Waals surface area contributed by atoms with Crippen molar-refractivity contribution in [2.24, 2.45) is 7.05 Å². The molecule has 2 aromatic heterocycles. The van der Waals surface area contributed by atoms with Crippen LogP contribution in [0.5, 0.6) is 23.0 Å². The lowest BCUT2D eigenvalue weighted by molar-refractivity contribution is -0.618. The van der Waals surface area contributed by atoms with Crippen LogP contribution < -0.4 is 23.5 Å². The maximum atomic E-state index is 6.03. The molecular weight excluding hydrogens is 476 g/mol. The summed E-state index contributed by atoms with van der Waals surface area (Å²) in [5.41, 5.74) is 7.58. The number of aryl methyl sites for hydroxylation is 1. The first-order valence-corrected chi connectivity index (χ1v) is 12.4. The number of rotatable bonds is 6. The maximum absolute atomic E-state index is 6.03. The number of benzene rings is 4. The number of fused-ring (bicyclic) bond motifs is 5. The Morgan fingerprint density at radius 2 is 1.24 bits per heavy atom. The summed E-state index contributed by atoms with van der Waals surface area (Å²) in [6.07, 6.45) is 2.11. The van der Waals surface area contributed by atoms with Crippen molar-refractivity contribution < 1.29 is 23.5 Å². The van der Waals surface area contributed by atoms with Gasteiger partial charge in [0.1, 0.15) is 23.0 Å². The molecule has 6 nitrogen and oxygen atoms in total. The lowest BCUT2D eigenvalue weighted by Gasteiger charge is -2.18. The highest BCUT2D eigenvalue weighted by Gasteiger charge is 2.29. The van der Waals surface area contributed by atoms with Gasteiger partial charge < -0.3 is 18.9 Å². The first-order valence-electron chi connectivity index (χ1n) is 12.4. The van der Waals surface area contributed by atoms with Gasteiger partial charge in [0.2, 0.25) is 0 Å². The molecule has 0 fully saturated rings. The van der Waals surface area contributed by atoms with Crippen molar-refractivity contribution in [3.63, 3.8) is 0 Å². The van der Waals surface area contributed by atoms with E-state index in [9.17, 15) is 0 Å². The van der Waals surface area contributed by atoms with Gasteiger partial charge in [-0.15, -0.1) is 0 Å². The predicted molar refractivity (Wildman–Crippen MR) is 151 cm³/mol. The van der Waals surface area contributed by atoms with Crippen molar-refractivity contribution >= 4 is 27.5 Å². The molecule has 6 heteroatoms. The first kappa shape index (κ1) is 23.7. The summed E-state index contributed by atoms with van der Waals surface area (Å²) in [5, 5.41) is 2.06. The van der Waals surface area contributed by atoms with Crippen LogP contribution in [0.25, 0.3) is 49.7 Å². The molecule has 0 spiro atoms. The highest BCUT2D eigenvalue weighted by atomic mass is 16.5. The van der Waals surface area contributed by atoms with Crippen molar-refractivity contribution in [1.82, 2.24) is 4.40 Å². The minimum absolute atomic E-state index is 0.738. The van der Waals surface area contributed by atoms with Crippen molar-refractivity contribution in [2.75, 3.05) is 28.4 Å². The lowest BCUT2D eigenvalue weighted by Crippen LogP contribution is -2.27. The molecule has 2 heterocycles. The number of pyridine rings is 1. The summed E-state index contributed by atoms with van der Waals surface area (Å²) in [6.45, 7) is 0. The molecule has 0 aliphatic carbocycles. The van der Waals surface area contributed by atoms with Crippen LogP contribution in [-0.2, 0) is 7.05 Å². The van der Waals surface area contributed by atoms with E-state index in [1.54, 1.807) is 28.4 Å². The number of methoxy groups -OCH3 is 4. The Morgan fingerprint density at radius 1 is 0.632 bits per heavy atom. The standard InChI is InChI=1S/C32H29N2O4/c1-33-27-8-6-7-17-34(27)31-25-18-24(37-4)19-26(38-5)30(25)28(20-9-13-22(35-2)14-10-20)29(32(31)33)21-11-15-23(36-3)16-12-21/h6-19H,1-5H3/q+1. The lowest BCUT2D eigenvalue weighted by atomic mass is 9.87. The fourth-order valence-electron chi connectivity index (χ4n) is 5.47. The first-order chi connectivity index (χ1) is 18.6. The third-order valence-electron chi connectivity index (χ3n) is 7.26. The summed E-state index contributed by atoms with van der Waals surface area (Å²) in [7, 11) is 8.88. The third kappa shape index (κ3) is 3.52. The molecule has 0 saturated heterocycles. The van der Waals surface area contributed by atoms with E-state index in [1.165, 1.54) is 0 Å². The van der Waals surface area contributed by atoms with Crippen LogP contribution in [0.4, 0.5) is 0 Å². The molecule has 0 radical (unpaired) electrons. The molecule has 0 bridgehead atoms. The van der Waals surface area contributed by atoms with Crippen molar-refractivity contribution in [1.29, 1.82) is 0 Å². The van der Waals surface area contributed by atoms with Crippen molar-refractivity contribution in [3.8, 4) is 45.3 Å². The van der Waals surface area contributed by atoms with E-state index >= 15 is 0 Å². The van der Waals surface area contributed by atoms with Crippen LogP contribution in [0.2, 0.25) is 0 Å². The molecule has 0 amide bonds. The predicted octanol–water partition coefficient (Wildman–Crippen LogP) is 6.44. The minimum Gasteiger partial charge on any atom is -0.497 e. The van der Waals surface area contributed by atoms with E-state index in [2.05, 4.69) is 70.7 Å². The second kappa shape index (κ2) is 9.30. The monoisotopic (exact) mass is 505 g/mol. The highest BCUT2D eigenvalue weighted by molar-refractivity contribution is 6.21. The number of aromatic nitrogens is 2. The molecule has 6 rings (SSSR count). The molecule has 4 aromatic carbocycles. The zero-order valence-corrected chi connectivity index (χ0v) is 22.1. The Hall–Kier alpha value is -4.71. The Kier molecular flexibility index (Phi) is 5.80. The van der Waals surface area contributed by atoms with Gasteiger partial charge in [-0.1, -0.05) is 30.3 Å². The largest absolute Gasteiger partial charge is 0.497 e. The number of hydrogen-bond donors (Lipinski definition) is 0. The minimum atomic E-state index is 0.738. The van der Waals surface area contributed by atoms with Gasteiger partial charge in [0.25, 0.3) is 5.65 Å². The molecule has 0 unspecified atom stereocenters. The number of nitrogens with zero attached hydrogens (tertiary/aromatic N) is 2. The van der Waals surface area contributed by atoms with E-state index in [0.717, 1.165) is 72.7 Å². The fraction of sp³-hybridized carbons (Fsp3) is 0.156. The quantitative estimate of drug-likeness (QED) is 0.245. The van der Waals surface area contributed by atoms with Crippen LogP contribution >= 0.6 is 0 Å². The van der Waals surface area contributed by atoms with E-state index in [-0.39, 0.29) is 0 Å². The Balaban J connectivity index is 1.91. The number of hydrogen-bond acceptors (Lipinski definition) is 4. The molecular formula is C32H29N2O4+. The van der Waals surface area contributed by atoms with E-state index in [0.29, 0.717) is 0 Å². The van der Waals surface area contributed by atoms with Crippen LogP contribution in [-0.4, -0.2) is 32.8 Å².